The summed E-state index contributed by atoms with van der Waals surface area (Å²) in [6.07, 6.45) is 8.88. The SMILES string of the molecule is Cc1nnn(C)c1-c1cnc2c3c(S(C)(=O)=O)cccc3n(C(c3ccccc3F)C3CCOCC3)c2c1.Cc1nnn(C)c1-c1cnc2c3c(S(C)(=O)=O)cccc3n(C(c3ccccc3F)C3CCOCC3)c2c1. The zero-order valence-electron chi connectivity index (χ0n) is 42.9. The molecule has 6 aromatic heterocycles. The van der Waals surface area contributed by atoms with Crippen LogP contribution in [0.1, 0.15) is 60.3 Å². The number of ether oxygens (including phenoxy) is 2. The number of aromatic nitrogens is 10. The van der Waals surface area contributed by atoms with Crippen molar-refractivity contribution in [3.63, 3.8) is 0 Å². The molecule has 20 heteroatoms. The van der Waals surface area contributed by atoms with E-state index in [-0.39, 0.29) is 33.3 Å². The predicted octanol–water partition coefficient (Wildman–Crippen LogP) is 9.70. The third kappa shape index (κ3) is 9.03. The quantitative estimate of drug-likeness (QED) is 0.127. The van der Waals surface area contributed by atoms with Crippen LogP contribution in [-0.2, 0) is 43.2 Å². The molecule has 0 spiro atoms. The molecule has 2 unspecified atom stereocenters. The van der Waals surface area contributed by atoms with Crippen molar-refractivity contribution in [3.05, 3.63) is 144 Å². The van der Waals surface area contributed by atoms with E-state index in [1.165, 1.54) is 24.6 Å². The van der Waals surface area contributed by atoms with Gasteiger partial charge in [-0.2, -0.15) is 0 Å². The summed E-state index contributed by atoms with van der Waals surface area (Å²) in [4.78, 5) is 10.0. The first-order chi connectivity index (χ1) is 36.5. The Balaban J connectivity index is 0.000000162. The largest absolute Gasteiger partial charge is 0.381 e. The van der Waals surface area contributed by atoms with Gasteiger partial charge in [0.15, 0.2) is 19.7 Å². The summed E-state index contributed by atoms with van der Waals surface area (Å²) >= 11 is 0. The lowest BCUT2D eigenvalue weighted by atomic mass is 9.86. The van der Waals surface area contributed by atoms with Gasteiger partial charge in [-0.25, -0.2) is 35.0 Å². The molecule has 0 aliphatic carbocycles. The van der Waals surface area contributed by atoms with Crippen LogP contribution >= 0.6 is 0 Å². The normalized spacial score (nSPS) is 15.9. The molecule has 8 heterocycles. The summed E-state index contributed by atoms with van der Waals surface area (Å²) in [7, 11) is -3.50. The lowest BCUT2D eigenvalue weighted by Gasteiger charge is -2.33. The van der Waals surface area contributed by atoms with Gasteiger partial charge in [0.05, 0.1) is 77.8 Å². The first kappa shape index (κ1) is 50.9. The van der Waals surface area contributed by atoms with E-state index in [1.54, 1.807) is 58.2 Å². The summed E-state index contributed by atoms with van der Waals surface area (Å²) in [5.74, 6) is -0.446. The maximum atomic E-state index is 15.5. The van der Waals surface area contributed by atoms with Gasteiger partial charge in [-0.15, -0.1) is 10.2 Å². The summed E-state index contributed by atoms with van der Waals surface area (Å²) in [6, 6.07) is 27.4. The number of rotatable bonds is 10. The van der Waals surface area contributed by atoms with E-state index >= 15 is 8.78 Å². The van der Waals surface area contributed by atoms with E-state index < -0.39 is 31.8 Å². The fourth-order valence-electron chi connectivity index (χ4n) is 11.7. The third-order valence-electron chi connectivity index (χ3n) is 15.0. The summed E-state index contributed by atoms with van der Waals surface area (Å²) in [5.41, 5.74) is 9.84. The Labute approximate surface area is 438 Å². The van der Waals surface area contributed by atoms with E-state index in [9.17, 15) is 16.8 Å². The molecule has 10 aromatic rings. The second-order valence-electron chi connectivity index (χ2n) is 19.9. The lowest BCUT2D eigenvalue weighted by Crippen LogP contribution is -2.27. The van der Waals surface area contributed by atoms with Crippen LogP contribution in [0.4, 0.5) is 8.78 Å². The summed E-state index contributed by atoms with van der Waals surface area (Å²) in [5, 5.41) is 17.7. The van der Waals surface area contributed by atoms with Gasteiger partial charge < -0.3 is 18.6 Å². The van der Waals surface area contributed by atoms with Crippen molar-refractivity contribution in [3.8, 4) is 22.5 Å². The topological polar surface area (TPSA) is 184 Å². The fraction of sp³-hybridized carbons (Fsp3) is 0.321. The number of hydrogen-bond acceptors (Lipinski definition) is 12. The van der Waals surface area contributed by atoms with Crippen LogP contribution in [-0.4, -0.2) is 105 Å². The van der Waals surface area contributed by atoms with Crippen molar-refractivity contribution in [1.82, 2.24) is 49.1 Å². The highest BCUT2D eigenvalue weighted by Crippen LogP contribution is 2.45. The number of benzene rings is 4. The van der Waals surface area contributed by atoms with E-state index in [4.69, 9.17) is 19.4 Å². The molecular formula is C56H56F2N10O6S2. The standard InChI is InChI=1S/2C28H28FN5O3S/c2*1-17-27(33(2)32-31-17)19-15-23-26(30-16-19)25-22(9-6-10-24(25)38(3,35)36)34(23)28(18-11-13-37-14-12-18)20-7-4-5-8-21(20)29/h2*4-10,15-16,18,28H,11-14H2,1-3H3. The van der Waals surface area contributed by atoms with Crippen molar-refractivity contribution >= 4 is 63.5 Å². The average Bonchev–Trinajstić information content (AvgIpc) is 4.27. The molecule has 2 atom stereocenters. The molecule has 0 amide bonds. The van der Waals surface area contributed by atoms with Crippen LogP contribution in [0.3, 0.4) is 0 Å². The van der Waals surface area contributed by atoms with Gasteiger partial charge >= 0.3 is 0 Å². The number of hydrogen-bond donors (Lipinski definition) is 0. The van der Waals surface area contributed by atoms with Crippen LogP contribution in [0.2, 0.25) is 0 Å². The average molecular weight is 1070 g/mol. The molecule has 4 aromatic carbocycles. The zero-order valence-corrected chi connectivity index (χ0v) is 44.5. The number of sulfone groups is 2. The molecular weight excluding hydrogens is 1010 g/mol. The Bertz CT molecular complexity index is 3800. The highest BCUT2D eigenvalue weighted by molar-refractivity contribution is 7.91. The molecule has 16 nitrogen and oxygen atoms in total. The Kier molecular flexibility index (Phi) is 13.4. The van der Waals surface area contributed by atoms with Crippen molar-refractivity contribution in [1.29, 1.82) is 0 Å². The molecule has 0 radical (unpaired) electrons. The summed E-state index contributed by atoms with van der Waals surface area (Å²) in [6.45, 7) is 6.12. The molecule has 2 aliphatic heterocycles. The Morgan fingerprint density at radius 2 is 0.921 bits per heavy atom. The highest BCUT2D eigenvalue weighted by Gasteiger charge is 2.35. The number of nitrogens with zero attached hydrogens (tertiary/aromatic N) is 10. The van der Waals surface area contributed by atoms with Gasteiger partial charge in [-0.1, -0.05) is 59.0 Å². The molecule has 12 rings (SSSR count). The number of pyridine rings is 2. The first-order valence-electron chi connectivity index (χ1n) is 25.1. The molecule has 0 N–H and O–H groups in total. The van der Waals surface area contributed by atoms with Crippen LogP contribution < -0.4 is 0 Å². The molecule has 392 valence electrons. The zero-order chi connectivity index (χ0) is 53.2. The van der Waals surface area contributed by atoms with Crippen LogP contribution in [0.15, 0.2) is 119 Å². The predicted molar refractivity (Wildman–Crippen MR) is 286 cm³/mol. The Morgan fingerprint density at radius 3 is 1.26 bits per heavy atom. The van der Waals surface area contributed by atoms with Crippen LogP contribution in [0, 0.1) is 37.3 Å². The van der Waals surface area contributed by atoms with Crippen molar-refractivity contribution in [2.75, 3.05) is 38.9 Å². The van der Waals surface area contributed by atoms with Crippen LogP contribution in [0.5, 0.6) is 0 Å². The highest BCUT2D eigenvalue weighted by atomic mass is 32.2. The van der Waals surface area contributed by atoms with E-state index in [1.807, 2.05) is 76.5 Å². The fourth-order valence-corrected chi connectivity index (χ4v) is 13.5. The second kappa shape index (κ2) is 20.0. The number of aryl methyl sites for hydroxylation is 4. The Hall–Kier alpha value is -7.26. The minimum atomic E-state index is -3.57. The first-order valence-corrected chi connectivity index (χ1v) is 28.9. The van der Waals surface area contributed by atoms with E-state index in [0.717, 1.165) is 70.6 Å². The molecule has 0 bridgehead atoms. The molecule has 76 heavy (non-hydrogen) atoms. The second-order valence-corrected chi connectivity index (χ2v) is 23.9. The van der Waals surface area contributed by atoms with Gasteiger partial charge in [0.2, 0.25) is 0 Å². The van der Waals surface area contributed by atoms with E-state index in [2.05, 4.69) is 29.8 Å². The smallest absolute Gasteiger partial charge is 0.176 e. The maximum absolute atomic E-state index is 15.5. The maximum Gasteiger partial charge on any atom is 0.176 e. The lowest BCUT2D eigenvalue weighted by molar-refractivity contribution is 0.0547. The van der Waals surface area contributed by atoms with Crippen molar-refractivity contribution < 1.29 is 35.1 Å². The Morgan fingerprint density at radius 1 is 0.539 bits per heavy atom. The van der Waals surface area contributed by atoms with Crippen molar-refractivity contribution in [2.45, 2.75) is 61.4 Å². The number of fused-ring (bicyclic) bond motifs is 6. The number of halogens is 2. The molecule has 2 aliphatic rings. The van der Waals surface area contributed by atoms with Crippen LogP contribution in [0.25, 0.3) is 66.4 Å². The van der Waals surface area contributed by atoms with Gasteiger partial charge in [0, 0.05) is 98.5 Å². The minimum Gasteiger partial charge on any atom is -0.381 e. The third-order valence-corrected chi connectivity index (χ3v) is 17.3. The van der Waals surface area contributed by atoms with E-state index in [0.29, 0.717) is 70.4 Å². The summed E-state index contributed by atoms with van der Waals surface area (Å²) < 4.78 is 101. The minimum absolute atomic E-state index is 0.0742. The monoisotopic (exact) mass is 1070 g/mol. The van der Waals surface area contributed by atoms with Gasteiger partial charge in [0.25, 0.3) is 0 Å². The molecule has 0 saturated carbocycles. The molecule has 2 fully saturated rings. The van der Waals surface area contributed by atoms with Crippen molar-refractivity contribution in [2.24, 2.45) is 25.9 Å². The van der Waals surface area contributed by atoms with Gasteiger partial charge in [0.1, 0.15) is 11.6 Å². The van der Waals surface area contributed by atoms with Gasteiger partial charge in [-0.05, 0) is 99.9 Å². The van der Waals surface area contributed by atoms with Gasteiger partial charge in [-0.3, -0.25) is 9.97 Å². The molecule has 2 saturated heterocycles.